The van der Waals surface area contributed by atoms with Gasteiger partial charge in [0.15, 0.2) is 0 Å². The number of halogens is 1. The normalized spacial score (nSPS) is 11.0. The predicted octanol–water partition coefficient (Wildman–Crippen LogP) is 4.92. The van der Waals surface area contributed by atoms with Crippen molar-refractivity contribution in [3.05, 3.63) is 58.7 Å². The number of hydrogen-bond donors (Lipinski definition) is 0. The zero-order chi connectivity index (χ0) is 18.9. The fourth-order valence-corrected chi connectivity index (χ4v) is 3.31. The molecule has 0 aromatic heterocycles. The first-order valence-electron chi connectivity index (χ1n) is 9.17. The molecule has 0 spiro atoms. The molecule has 0 bridgehead atoms. The molecule has 0 saturated carbocycles. The van der Waals surface area contributed by atoms with Crippen molar-refractivity contribution in [2.75, 3.05) is 38.7 Å². The SMILES string of the molecule is Cc1cc(C)cc(OCCN(CCCl)CCOc2cc(C)cc(C)c2)c1. The van der Waals surface area contributed by atoms with E-state index >= 15 is 0 Å². The molecule has 2 aromatic rings. The largest absolute Gasteiger partial charge is 0.492 e. The van der Waals surface area contributed by atoms with Crippen LogP contribution in [0.1, 0.15) is 22.3 Å². The van der Waals surface area contributed by atoms with Gasteiger partial charge in [0.25, 0.3) is 0 Å². The molecule has 0 N–H and O–H groups in total. The Bertz CT molecular complexity index is 605. The van der Waals surface area contributed by atoms with Crippen molar-refractivity contribution in [3.8, 4) is 11.5 Å². The van der Waals surface area contributed by atoms with E-state index in [0.29, 0.717) is 19.1 Å². The van der Waals surface area contributed by atoms with E-state index in [1.807, 2.05) is 0 Å². The zero-order valence-corrected chi connectivity index (χ0v) is 17.1. The van der Waals surface area contributed by atoms with Crippen LogP contribution in [0.2, 0.25) is 0 Å². The molecule has 142 valence electrons. The summed E-state index contributed by atoms with van der Waals surface area (Å²) in [7, 11) is 0. The lowest BCUT2D eigenvalue weighted by molar-refractivity contribution is 0.183. The van der Waals surface area contributed by atoms with E-state index in [2.05, 4.69) is 69.0 Å². The summed E-state index contributed by atoms with van der Waals surface area (Å²) in [5.74, 6) is 2.47. The highest BCUT2D eigenvalue weighted by molar-refractivity contribution is 6.18. The Labute approximate surface area is 162 Å². The molecule has 0 aliphatic carbocycles. The molecule has 2 rings (SSSR count). The number of aryl methyl sites for hydroxylation is 4. The number of nitrogens with zero attached hydrogens (tertiary/aromatic N) is 1. The van der Waals surface area contributed by atoms with Crippen LogP contribution in [0.15, 0.2) is 36.4 Å². The molecule has 0 atom stereocenters. The minimum absolute atomic E-state index is 0.604. The summed E-state index contributed by atoms with van der Waals surface area (Å²) < 4.78 is 11.8. The van der Waals surface area contributed by atoms with Crippen LogP contribution in [0.4, 0.5) is 0 Å². The topological polar surface area (TPSA) is 21.7 Å². The van der Waals surface area contributed by atoms with Crippen LogP contribution in [0, 0.1) is 27.7 Å². The van der Waals surface area contributed by atoms with Crippen molar-refractivity contribution < 1.29 is 9.47 Å². The molecule has 0 radical (unpaired) electrons. The van der Waals surface area contributed by atoms with E-state index in [1.54, 1.807) is 0 Å². The second-order valence-electron chi connectivity index (χ2n) is 6.87. The van der Waals surface area contributed by atoms with Gasteiger partial charge in [0.2, 0.25) is 0 Å². The second-order valence-corrected chi connectivity index (χ2v) is 7.25. The van der Waals surface area contributed by atoms with Crippen molar-refractivity contribution in [2.24, 2.45) is 0 Å². The van der Waals surface area contributed by atoms with E-state index in [9.17, 15) is 0 Å². The van der Waals surface area contributed by atoms with Gasteiger partial charge in [-0.25, -0.2) is 0 Å². The number of ether oxygens (including phenoxy) is 2. The molecule has 26 heavy (non-hydrogen) atoms. The third-order valence-electron chi connectivity index (χ3n) is 4.14. The maximum Gasteiger partial charge on any atom is 0.119 e. The molecule has 3 nitrogen and oxygen atoms in total. The van der Waals surface area contributed by atoms with E-state index in [0.717, 1.165) is 31.1 Å². The van der Waals surface area contributed by atoms with Crippen molar-refractivity contribution in [2.45, 2.75) is 27.7 Å². The molecule has 2 aromatic carbocycles. The first kappa shape index (κ1) is 20.6. The van der Waals surface area contributed by atoms with E-state index in [-0.39, 0.29) is 0 Å². The van der Waals surface area contributed by atoms with Crippen molar-refractivity contribution >= 4 is 11.6 Å². The van der Waals surface area contributed by atoms with Gasteiger partial charge >= 0.3 is 0 Å². The Balaban J connectivity index is 1.78. The summed E-state index contributed by atoms with van der Waals surface area (Å²) in [6.45, 7) is 12.1. The minimum Gasteiger partial charge on any atom is -0.492 e. The van der Waals surface area contributed by atoms with Gasteiger partial charge in [0, 0.05) is 25.5 Å². The van der Waals surface area contributed by atoms with Gasteiger partial charge in [0.1, 0.15) is 24.7 Å². The zero-order valence-electron chi connectivity index (χ0n) is 16.3. The van der Waals surface area contributed by atoms with Gasteiger partial charge in [-0.05, 0) is 74.2 Å². The van der Waals surface area contributed by atoms with E-state index in [4.69, 9.17) is 21.1 Å². The third kappa shape index (κ3) is 7.27. The maximum atomic E-state index is 5.95. The average Bonchev–Trinajstić information content (AvgIpc) is 2.53. The fraction of sp³-hybridized carbons (Fsp3) is 0.455. The molecular formula is C22H30ClNO2. The summed E-state index contributed by atoms with van der Waals surface area (Å²) in [5, 5.41) is 0. The van der Waals surface area contributed by atoms with Crippen LogP contribution >= 0.6 is 11.6 Å². The summed E-state index contributed by atoms with van der Waals surface area (Å²) in [4.78, 5) is 2.28. The number of benzene rings is 2. The Morgan fingerprint density at radius 1 is 0.654 bits per heavy atom. The fourth-order valence-electron chi connectivity index (χ4n) is 3.07. The molecule has 0 fully saturated rings. The van der Waals surface area contributed by atoms with Crippen LogP contribution in [0.3, 0.4) is 0 Å². The lowest BCUT2D eigenvalue weighted by atomic mass is 10.1. The van der Waals surface area contributed by atoms with Gasteiger partial charge in [-0.2, -0.15) is 0 Å². The Morgan fingerprint density at radius 3 is 1.38 bits per heavy atom. The van der Waals surface area contributed by atoms with Crippen LogP contribution in [-0.2, 0) is 0 Å². The van der Waals surface area contributed by atoms with Gasteiger partial charge in [-0.3, -0.25) is 4.90 Å². The van der Waals surface area contributed by atoms with Crippen molar-refractivity contribution in [1.29, 1.82) is 0 Å². The summed E-state index contributed by atoms with van der Waals surface area (Å²) in [6.07, 6.45) is 0. The van der Waals surface area contributed by atoms with Crippen LogP contribution in [-0.4, -0.2) is 43.6 Å². The van der Waals surface area contributed by atoms with Crippen molar-refractivity contribution in [1.82, 2.24) is 4.90 Å². The highest BCUT2D eigenvalue weighted by atomic mass is 35.5. The Morgan fingerprint density at radius 2 is 1.04 bits per heavy atom. The maximum absolute atomic E-state index is 5.95. The first-order chi connectivity index (χ1) is 12.5. The molecule has 0 aliphatic rings. The highest BCUT2D eigenvalue weighted by Crippen LogP contribution is 2.17. The van der Waals surface area contributed by atoms with E-state index in [1.165, 1.54) is 22.3 Å². The molecule has 0 heterocycles. The molecule has 0 amide bonds. The van der Waals surface area contributed by atoms with Gasteiger partial charge in [-0.15, -0.1) is 11.6 Å². The lowest BCUT2D eigenvalue weighted by Gasteiger charge is -2.21. The lowest BCUT2D eigenvalue weighted by Crippen LogP contribution is -2.34. The Hall–Kier alpha value is -1.71. The molecule has 0 aliphatic heterocycles. The summed E-state index contributed by atoms with van der Waals surface area (Å²) in [6, 6.07) is 12.6. The quantitative estimate of drug-likeness (QED) is 0.550. The summed E-state index contributed by atoms with van der Waals surface area (Å²) >= 11 is 5.95. The van der Waals surface area contributed by atoms with Gasteiger partial charge < -0.3 is 9.47 Å². The van der Waals surface area contributed by atoms with Gasteiger partial charge in [-0.1, -0.05) is 12.1 Å². The molecule has 0 saturated heterocycles. The second kappa shape index (κ2) is 10.4. The first-order valence-corrected chi connectivity index (χ1v) is 9.70. The number of hydrogen-bond acceptors (Lipinski definition) is 3. The van der Waals surface area contributed by atoms with Crippen molar-refractivity contribution in [3.63, 3.8) is 0 Å². The standard InChI is InChI=1S/C22H30ClNO2/c1-17-11-18(2)14-21(13-17)25-9-7-24(6-5-23)8-10-26-22-15-19(3)12-20(4)16-22/h11-16H,5-10H2,1-4H3. The summed E-state index contributed by atoms with van der Waals surface area (Å²) in [5.41, 5.74) is 4.89. The molecule has 4 heteroatoms. The van der Waals surface area contributed by atoms with Crippen LogP contribution in [0.25, 0.3) is 0 Å². The van der Waals surface area contributed by atoms with Crippen LogP contribution in [0.5, 0.6) is 11.5 Å². The van der Waals surface area contributed by atoms with E-state index < -0.39 is 0 Å². The molecule has 0 unspecified atom stereocenters. The monoisotopic (exact) mass is 375 g/mol. The number of rotatable bonds is 10. The van der Waals surface area contributed by atoms with Gasteiger partial charge in [0.05, 0.1) is 0 Å². The average molecular weight is 376 g/mol. The Kier molecular flexibility index (Phi) is 8.27. The van der Waals surface area contributed by atoms with Crippen LogP contribution < -0.4 is 9.47 Å². The highest BCUT2D eigenvalue weighted by Gasteiger charge is 2.06. The number of alkyl halides is 1. The predicted molar refractivity (Wildman–Crippen MR) is 110 cm³/mol. The minimum atomic E-state index is 0.604. The smallest absolute Gasteiger partial charge is 0.119 e. The molecular weight excluding hydrogens is 346 g/mol. The third-order valence-corrected chi connectivity index (χ3v) is 4.31.